The number of hydrogen-bond donors (Lipinski definition) is 1. The molecule has 1 N–H and O–H groups in total. The van der Waals surface area contributed by atoms with Gasteiger partial charge in [-0.05, 0) is 32.6 Å². The van der Waals surface area contributed by atoms with Gasteiger partial charge in [-0.15, -0.1) is 0 Å². The van der Waals surface area contributed by atoms with Crippen LogP contribution in [0.2, 0.25) is 0 Å². The van der Waals surface area contributed by atoms with Crippen molar-refractivity contribution in [2.24, 2.45) is 0 Å². The molecule has 1 saturated heterocycles. The number of aliphatic hydroxyl groups excluding tert-OH is 1. The minimum absolute atomic E-state index is 0.152. The molecule has 0 radical (unpaired) electrons. The van der Waals surface area contributed by atoms with E-state index in [2.05, 4.69) is 0 Å². The Balaban J connectivity index is 2.30. The summed E-state index contributed by atoms with van der Waals surface area (Å²) in [5.41, 5.74) is 0.727. The Bertz CT molecular complexity index is 557. The van der Waals surface area contributed by atoms with Gasteiger partial charge in [0.05, 0.1) is 17.0 Å². The Morgan fingerprint density at radius 2 is 1.89 bits per heavy atom. The quantitative estimate of drug-likeness (QED) is 0.867. The van der Waals surface area contributed by atoms with Crippen molar-refractivity contribution in [3.8, 4) is 0 Å². The standard InChI is InChI=1S/C13H20N2O3S/c1-10-6-4-5-7-13(10)19(17,18)15-8-11(14(2)3)12(16)9-15/h4-7,11-12,16H,8-9H2,1-3H3/t11-,12-/m1/s1. The van der Waals surface area contributed by atoms with E-state index in [9.17, 15) is 13.5 Å². The van der Waals surface area contributed by atoms with Crippen molar-refractivity contribution in [3.05, 3.63) is 29.8 Å². The van der Waals surface area contributed by atoms with Gasteiger partial charge in [-0.2, -0.15) is 4.31 Å². The maximum atomic E-state index is 12.6. The summed E-state index contributed by atoms with van der Waals surface area (Å²) in [6.45, 7) is 2.26. The van der Waals surface area contributed by atoms with Crippen LogP contribution in [-0.4, -0.2) is 62.1 Å². The second-order valence-corrected chi connectivity index (χ2v) is 7.09. The number of β-amino-alcohol motifs (C(OH)–C–C–N with tert-alkyl or cyclic N) is 1. The topological polar surface area (TPSA) is 60.9 Å². The van der Waals surface area contributed by atoms with E-state index >= 15 is 0 Å². The lowest BCUT2D eigenvalue weighted by Gasteiger charge is -2.21. The van der Waals surface area contributed by atoms with Crippen LogP contribution in [0, 0.1) is 6.92 Å². The largest absolute Gasteiger partial charge is 0.390 e. The van der Waals surface area contributed by atoms with Gasteiger partial charge in [0.2, 0.25) is 10.0 Å². The summed E-state index contributed by atoms with van der Waals surface area (Å²) in [6, 6.07) is 6.77. The summed E-state index contributed by atoms with van der Waals surface area (Å²) in [5, 5.41) is 9.96. The van der Waals surface area contributed by atoms with Crippen LogP contribution in [0.1, 0.15) is 5.56 Å². The second-order valence-electron chi connectivity index (χ2n) is 5.19. The van der Waals surface area contributed by atoms with E-state index in [4.69, 9.17) is 0 Å². The zero-order chi connectivity index (χ0) is 14.2. The lowest BCUT2D eigenvalue weighted by Crippen LogP contribution is -2.38. The predicted molar refractivity (Wildman–Crippen MR) is 73.4 cm³/mol. The molecule has 106 valence electrons. The van der Waals surface area contributed by atoms with Gasteiger partial charge >= 0.3 is 0 Å². The Hall–Kier alpha value is -0.950. The fourth-order valence-corrected chi connectivity index (χ4v) is 4.13. The van der Waals surface area contributed by atoms with Crippen LogP contribution in [0.25, 0.3) is 0 Å². The van der Waals surface area contributed by atoms with Crippen LogP contribution < -0.4 is 0 Å². The van der Waals surface area contributed by atoms with Gasteiger partial charge in [-0.25, -0.2) is 8.42 Å². The van der Waals surface area contributed by atoms with Gasteiger partial charge in [0, 0.05) is 13.1 Å². The highest BCUT2D eigenvalue weighted by molar-refractivity contribution is 7.89. The van der Waals surface area contributed by atoms with Crippen LogP contribution in [0.5, 0.6) is 0 Å². The summed E-state index contributed by atoms with van der Waals surface area (Å²) in [7, 11) is 0.168. The fraction of sp³-hybridized carbons (Fsp3) is 0.538. The third kappa shape index (κ3) is 2.67. The molecule has 1 aromatic rings. The molecule has 1 heterocycles. The highest BCUT2D eigenvalue weighted by atomic mass is 32.2. The molecule has 6 heteroatoms. The predicted octanol–water partition coefficient (Wildman–Crippen LogP) is 0.290. The molecule has 1 fully saturated rings. The molecule has 19 heavy (non-hydrogen) atoms. The Labute approximate surface area is 114 Å². The molecule has 1 aliphatic heterocycles. The number of sulfonamides is 1. The first kappa shape index (κ1) is 14.5. The first-order chi connectivity index (χ1) is 8.84. The van der Waals surface area contributed by atoms with Gasteiger partial charge in [0.15, 0.2) is 0 Å². The van der Waals surface area contributed by atoms with E-state index < -0.39 is 16.1 Å². The minimum Gasteiger partial charge on any atom is -0.390 e. The van der Waals surface area contributed by atoms with Crippen molar-refractivity contribution in [1.29, 1.82) is 0 Å². The Kier molecular flexibility index (Phi) is 3.96. The van der Waals surface area contributed by atoms with E-state index in [1.165, 1.54) is 4.31 Å². The maximum Gasteiger partial charge on any atom is 0.243 e. The molecule has 0 unspecified atom stereocenters. The lowest BCUT2D eigenvalue weighted by molar-refractivity contribution is 0.113. The summed E-state index contributed by atoms with van der Waals surface area (Å²) < 4.78 is 26.5. The van der Waals surface area contributed by atoms with Crippen molar-refractivity contribution in [1.82, 2.24) is 9.21 Å². The van der Waals surface area contributed by atoms with E-state index in [0.717, 1.165) is 5.56 Å². The average Bonchev–Trinajstić information content (AvgIpc) is 2.72. The maximum absolute atomic E-state index is 12.6. The normalized spacial score (nSPS) is 25.1. The van der Waals surface area contributed by atoms with Gasteiger partial charge in [0.25, 0.3) is 0 Å². The highest BCUT2D eigenvalue weighted by Crippen LogP contribution is 2.25. The first-order valence-electron chi connectivity index (χ1n) is 6.24. The van der Waals surface area contributed by atoms with Crippen molar-refractivity contribution in [2.45, 2.75) is 24.0 Å². The number of benzene rings is 1. The minimum atomic E-state index is -3.52. The molecule has 0 bridgehead atoms. The molecule has 0 saturated carbocycles. The third-order valence-corrected chi connectivity index (χ3v) is 5.59. The number of hydrogen-bond acceptors (Lipinski definition) is 4. The fourth-order valence-electron chi connectivity index (χ4n) is 2.42. The van der Waals surface area contributed by atoms with Crippen LogP contribution >= 0.6 is 0 Å². The molecule has 0 spiro atoms. The van der Waals surface area contributed by atoms with Gasteiger partial charge in [0.1, 0.15) is 0 Å². The van der Waals surface area contributed by atoms with E-state index in [0.29, 0.717) is 11.4 Å². The molecular formula is C13H20N2O3S. The monoisotopic (exact) mass is 284 g/mol. The number of aryl methyl sites for hydroxylation is 1. The summed E-state index contributed by atoms with van der Waals surface area (Å²) in [5.74, 6) is 0. The second kappa shape index (κ2) is 5.20. The molecule has 5 nitrogen and oxygen atoms in total. The summed E-state index contributed by atoms with van der Waals surface area (Å²) >= 11 is 0. The third-order valence-electron chi connectivity index (χ3n) is 3.60. The summed E-state index contributed by atoms with van der Waals surface area (Å²) in [4.78, 5) is 2.18. The molecule has 0 amide bonds. The zero-order valence-electron chi connectivity index (χ0n) is 11.4. The first-order valence-corrected chi connectivity index (χ1v) is 7.68. The smallest absolute Gasteiger partial charge is 0.243 e. The van der Waals surface area contributed by atoms with Crippen molar-refractivity contribution in [3.63, 3.8) is 0 Å². The van der Waals surface area contributed by atoms with Crippen LogP contribution in [0.15, 0.2) is 29.2 Å². The number of rotatable bonds is 3. The lowest BCUT2D eigenvalue weighted by atomic mass is 10.2. The molecule has 1 aromatic carbocycles. The molecule has 1 aliphatic rings. The molecule has 0 aliphatic carbocycles. The zero-order valence-corrected chi connectivity index (χ0v) is 12.3. The van der Waals surface area contributed by atoms with Gasteiger partial charge in [-0.3, -0.25) is 0 Å². The van der Waals surface area contributed by atoms with Crippen LogP contribution in [0.4, 0.5) is 0 Å². The van der Waals surface area contributed by atoms with Crippen molar-refractivity contribution < 1.29 is 13.5 Å². The molecule has 2 atom stereocenters. The van der Waals surface area contributed by atoms with Crippen LogP contribution in [-0.2, 0) is 10.0 Å². The highest BCUT2D eigenvalue weighted by Gasteiger charge is 2.39. The van der Waals surface area contributed by atoms with Gasteiger partial charge < -0.3 is 10.0 Å². The SMILES string of the molecule is Cc1ccccc1S(=O)(=O)N1C[C@@H](O)[C@H](N(C)C)C1. The Morgan fingerprint density at radius 3 is 2.42 bits per heavy atom. The van der Waals surface area contributed by atoms with Gasteiger partial charge in [-0.1, -0.05) is 18.2 Å². The average molecular weight is 284 g/mol. The molecule has 2 rings (SSSR count). The van der Waals surface area contributed by atoms with E-state index in [1.807, 2.05) is 25.1 Å². The molecule has 0 aromatic heterocycles. The van der Waals surface area contributed by atoms with E-state index in [1.54, 1.807) is 25.1 Å². The van der Waals surface area contributed by atoms with Crippen LogP contribution in [0.3, 0.4) is 0 Å². The Morgan fingerprint density at radius 1 is 1.26 bits per heavy atom. The number of nitrogens with zero attached hydrogens (tertiary/aromatic N) is 2. The van der Waals surface area contributed by atoms with Crippen molar-refractivity contribution in [2.75, 3.05) is 27.2 Å². The number of likely N-dealkylation sites (N-methyl/N-ethyl adjacent to an activating group) is 1. The number of aliphatic hydroxyl groups is 1. The summed E-state index contributed by atoms with van der Waals surface area (Å²) in [6.07, 6.45) is -0.645. The van der Waals surface area contributed by atoms with E-state index in [-0.39, 0.29) is 12.6 Å². The van der Waals surface area contributed by atoms with Crippen molar-refractivity contribution >= 4 is 10.0 Å². The molecular weight excluding hydrogens is 264 g/mol.